The fraction of sp³-hybridized carbons (Fsp3) is 0.0769. The van der Waals surface area contributed by atoms with E-state index >= 15 is 0 Å². The molecular formula is C13H11FN4. The third-order valence-electron chi connectivity index (χ3n) is 2.75. The third-order valence-corrected chi connectivity index (χ3v) is 2.75. The largest absolute Gasteiger partial charge is 0.397 e. The number of halogens is 1. The number of nitrogens with two attached hydrogens (primary N) is 1. The highest BCUT2D eigenvalue weighted by molar-refractivity contribution is 5.62. The van der Waals surface area contributed by atoms with Gasteiger partial charge in [-0.2, -0.15) is 0 Å². The average Bonchev–Trinajstić information content (AvgIpc) is 2.73. The van der Waals surface area contributed by atoms with Crippen molar-refractivity contribution in [3.8, 4) is 11.4 Å². The molecule has 0 saturated heterocycles. The maximum absolute atomic E-state index is 13.7. The lowest BCUT2D eigenvalue weighted by molar-refractivity contribution is 0.630. The fourth-order valence-electron chi connectivity index (χ4n) is 1.93. The molecule has 0 amide bonds. The van der Waals surface area contributed by atoms with Crippen LogP contribution in [0.2, 0.25) is 0 Å². The number of hydrogen-bond donors (Lipinski definition) is 1. The van der Waals surface area contributed by atoms with E-state index in [-0.39, 0.29) is 5.82 Å². The van der Waals surface area contributed by atoms with Gasteiger partial charge < -0.3 is 5.73 Å². The zero-order valence-electron chi connectivity index (χ0n) is 9.76. The van der Waals surface area contributed by atoms with Crippen molar-refractivity contribution in [1.82, 2.24) is 14.6 Å². The van der Waals surface area contributed by atoms with Crippen LogP contribution in [0.25, 0.3) is 17.0 Å². The van der Waals surface area contributed by atoms with Gasteiger partial charge in [0.15, 0.2) is 11.5 Å². The molecule has 0 radical (unpaired) electrons. The minimum atomic E-state index is -0.334. The second-order valence-corrected chi connectivity index (χ2v) is 4.14. The van der Waals surface area contributed by atoms with Crippen LogP contribution < -0.4 is 5.73 Å². The number of aromatic nitrogens is 3. The Kier molecular flexibility index (Phi) is 2.26. The molecule has 18 heavy (non-hydrogen) atoms. The van der Waals surface area contributed by atoms with E-state index in [2.05, 4.69) is 10.1 Å². The van der Waals surface area contributed by atoms with Gasteiger partial charge in [0.25, 0.3) is 0 Å². The Hall–Kier alpha value is -2.43. The first-order valence-corrected chi connectivity index (χ1v) is 5.52. The van der Waals surface area contributed by atoms with Crippen LogP contribution in [0, 0.1) is 12.7 Å². The molecule has 0 aliphatic rings. The summed E-state index contributed by atoms with van der Waals surface area (Å²) in [6, 6.07) is 8.25. The summed E-state index contributed by atoms with van der Waals surface area (Å²) >= 11 is 0. The summed E-state index contributed by atoms with van der Waals surface area (Å²) < 4.78 is 15.2. The molecule has 90 valence electrons. The predicted molar refractivity (Wildman–Crippen MR) is 67.5 cm³/mol. The first kappa shape index (κ1) is 10.7. The Balaban J connectivity index is 2.26. The van der Waals surface area contributed by atoms with E-state index in [9.17, 15) is 4.39 Å². The van der Waals surface area contributed by atoms with Gasteiger partial charge in [0.1, 0.15) is 5.82 Å². The van der Waals surface area contributed by atoms with E-state index in [4.69, 9.17) is 5.73 Å². The fourth-order valence-corrected chi connectivity index (χ4v) is 1.93. The standard InChI is InChI=1S/C13H11FN4/c1-8-6-9(15)7-18-13(8)16-12(17-18)10-4-2-3-5-11(10)14/h2-7H,15H2,1H3. The zero-order chi connectivity index (χ0) is 12.7. The number of pyridine rings is 1. The zero-order valence-corrected chi connectivity index (χ0v) is 9.76. The van der Waals surface area contributed by atoms with Crippen LogP contribution in [0.1, 0.15) is 5.56 Å². The van der Waals surface area contributed by atoms with Gasteiger partial charge in [-0.1, -0.05) is 12.1 Å². The summed E-state index contributed by atoms with van der Waals surface area (Å²) in [6.07, 6.45) is 1.67. The Labute approximate surface area is 103 Å². The van der Waals surface area contributed by atoms with E-state index < -0.39 is 0 Å². The van der Waals surface area contributed by atoms with Crippen LogP contribution in [0.3, 0.4) is 0 Å². The molecule has 0 fully saturated rings. The minimum Gasteiger partial charge on any atom is -0.397 e. The summed E-state index contributed by atoms with van der Waals surface area (Å²) in [5.41, 5.74) is 8.32. The molecule has 0 saturated carbocycles. The van der Waals surface area contributed by atoms with Gasteiger partial charge in [0, 0.05) is 0 Å². The maximum atomic E-state index is 13.7. The molecule has 2 heterocycles. The van der Waals surface area contributed by atoms with E-state index in [1.54, 1.807) is 28.9 Å². The van der Waals surface area contributed by atoms with E-state index in [1.165, 1.54) is 6.07 Å². The van der Waals surface area contributed by atoms with Gasteiger partial charge in [-0.3, -0.25) is 0 Å². The number of aryl methyl sites for hydroxylation is 1. The second kappa shape index (κ2) is 3.80. The van der Waals surface area contributed by atoms with Crippen LogP contribution in [0.15, 0.2) is 36.5 Å². The predicted octanol–water partition coefficient (Wildman–Crippen LogP) is 2.43. The highest BCUT2D eigenvalue weighted by Gasteiger charge is 2.11. The lowest BCUT2D eigenvalue weighted by Gasteiger charge is -1.97. The van der Waals surface area contributed by atoms with Crippen molar-refractivity contribution in [3.63, 3.8) is 0 Å². The molecule has 4 nitrogen and oxygen atoms in total. The Morgan fingerprint density at radius 1 is 1.28 bits per heavy atom. The van der Waals surface area contributed by atoms with Crippen molar-refractivity contribution < 1.29 is 4.39 Å². The van der Waals surface area contributed by atoms with Gasteiger partial charge in [-0.05, 0) is 30.7 Å². The topological polar surface area (TPSA) is 56.2 Å². The minimum absolute atomic E-state index is 0.334. The van der Waals surface area contributed by atoms with Gasteiger partial charge in [-0.15, -0.1) is 5.10 Å². The van der Waals surface area contributed by atoms with Crippen LogP contribution in [-0.2, 0) is 0 Å². The van der Waals surface area contributed by atoms with Crippen LogP contribution in [0.5, 0.6) is 0 Å². The Bertz CT molecular complexity index is 733. The number of rotatable bonds is 1. The Morgan fingerprint density at radius 3 is 2.83 bits per heavy atom. The molecule has 0 aliphatic carbocycles. The van der Waals surface area contributed by atoms with E-state index in [0.29, 0.717) is 22.7 Å². The number of benzene rings is 1. The first-order valence-electron chi connectivity index (χ1n) is 5.52. The molecule has 0 spiro atoms. The smallest absolute Gasteiger partial charge is 0.185 e. The lowest BCUT2D eigenvalue weighted by Crippen LogP contribution is -1.94. The highest BCUT2D eigenvalue weighted by atomic mass is 19.1. The van der Waals surface area contributed by atoms with E-state index in [1.807, 2.05) is 13.0 Å². The molecule has 0 unspecified atom stereocenters. The molecule has 5 heteroatoms. The quantitative estimate of drug-likeness (QED) is 0.713. The normalized spacial score (nSPS) is 11.0. The van der Waals surface area contributed by atoms with Crippen molar-refractivity contribution >= 4 is 11.3 Å². The van der Waals surface area contributed by atoms with Crippen molar-refractivity contribution in [3.05, 3.63) is 47.9 Å². The van der Waals surface area contributed by atoms with Crippen LogP contribution >= 0.6 is 0 Å². The molecule has 0 bridgehead atoms. The third kappa shape index (κ3) is 1.60. The molecule has 1 aromatic carbocycles. The van der Waals surface area contributed by atoms with E-state index in [0.717, 1.165) is 5.56 Å². The molecular weight excluding hydrogens is 231 g/mol. The van der Waals surface area contributed by atoms with Crippen molar-refractivity contribution in [1.29, 1.82) is 0 Å². The lowest BCUT2D eigenvalue weighted by atomic mass is 10.2. The maximum Gasteiger partial charge on any atom is 0.185 e. The average molecular weight is 242 g/mol. The highest BCUT2D eigenvalue weighted by Crippen LogP contribution is 2.21. The SMILES string of the molecule is Cc1cc(N)cn2nc(-c3ccccc3F)nc12. The summed E-state index contributed by atoms with van der Waals surface area (Å²) in [4.78, 5) is 4.34. The molecule has 0 atom stereocenters. The monoisotopic (exact) mass is 242 g/mol. The van der Waals surface area contributed by atoms with Crippen molar-refractivity contribution in [2.24, 2.45) is 0 Å². The van der Waals surface area contributed by atoms with Crippen LogP contribution in [-0.4, -0.2) is 14.6 Å². The number of hydrogen-bond acceptors (Lipinski definition) is 3. The van der Waals surface area contributed by atoms with Crippen molar-refractivity contribution in [2.45, 2.75) is 6.92 Å². The number of fused-ring (bicyclic) bond motifs is 1. The van der Waals surface area contributed by atoms with Crippen LogP contribution in [0.4, 0.5) is 10.1 Å². The van der Waals surface area contributed by atoms with Crippen molar-refractivity contribution in [2.75, 3.05) is 5.73 Å². The van der Waals surface area contributed by atoms with Gasteiger partial charge >= 0.3 is 0 Å². The number of anilines is 1. The van der Waals surface area contributed by atoms with Gasteiger partial charge in [-0.25, -0.2) is 13.9 Å². The summed E-state index contributed by atoms with van der Waals surface area (Å²) in [5.74, 6) is 0.0285. The summed E-state index contributed by atoms with van der Waals surface area (Å²) in [6.45, 7) is 1.89. The molecule has 2 aromatic heterocycles. The number of nitrogens with zero attached hydrogens (tertiary/aromatic N) is 3. The summed E-state index contributed by atoms with van der Waals surface area (Å²) in [5, 5.41) is 4.25. The molecule has 3 aromatic rings. The summed E-state index contributed by atoms with van der Waals surface area (Å²) in [7, 11) is 0. The molecule has 0 aliphatic heterocycles. The number of nitrogen functional groups attached to an aromatic ring is 1. The second-order valence-electron chi connectivity index (χ2n) is 4.14. The Morgan fingerprint density at radius 2 is 2.06 bits per heavy atom. The van der Waals surface area contributed by atoms with Gasteiger partial charge in [0.2, 0.25) is 0 Å². The van der Waals surface area contributed by atoms with Gasteiger partial charge in [0.05, 0.1) is 17.4 Å². The first-order chi connectivity index (χ1) is 8.65. The molecule has 3 rings (SSSR count). The molecule has 2 N–H and O–H groups in total.